The molecule has 1 aliphatic heterocycles. The van der Waals surface area contributed by atoms with Gasteiger partial charge in [-0.25, -0.2) is 4.79 Å². The molecule has 2 aliphatic rings. The van der Waals surface area contributed by atoms with Crippen molar-refractivity contribution in [3.05, 3.63) is 35.4 Å². The second kappa shape index (κ2) is 6.17. The number of fused-ring (bicyclic) bond motifs is 2. The van der Waals surface area contributed by atoms with Crippen molar-refractivity contribution in [2.45, 2.75) is 57.5 Å². The Balaban J connectivity index is 1.90. The molecule has 6 nitrogen and oxygen atoms in total. The van der Waals surface area contributed by atoms with Gasteiger partial charge in [-0.2, -0.15) is 0 Å². The maximum Gasteiger partial charge on any atom is 0.325 e. The Hall–Kier alpha value is -2.37. The molecule has 1 atom stereocenters. The van der Waals surface area contributed by atoms with Gasteiger partial charge in [0.25, 0.3) is 5.91 Å². The van der Waals surface area contributed by atoms with E-state index in [1.807, 2.05) is 45.0 Å². The second-order valence-corrected chi connectivity index (χ2v) is 7.89. The summed E-state index contributed by atoms with van der Waals surface area (Å²) in [5.74, 6) is -0.661. The van der Waals surface area contributed by atoms with Crippen molar-refractivity contribution in [2.24, 2.45) is 0 Å². The monoisotopic (exact) mass is 343 g/mol. The fourth-order valence-electron chi connectivity index (χ4n) is 3.72. The number of urea groups is 1. The maximum atomic E-state index is 13.2. The van der Waals surface area contributed by atoms with Gasteiger partial charge in [0.15, 0.2) is 0 Å². The van der Waals surface area contributed by atoms with E-state index in [1.54, 1.807) is 0 Å². The van der Waals surface area contributed by atoms with Crippen LogP contribution in [0.1, 0.15) is 51.2 Å². The third-order valence-electron chi connectivity index (χ3n) is 4.72. The second-order valence-electron chi connectivity index (χ2n) is 7.89. The zero-order valence-electron chi connectivity index (χ0n) is 15.0. The fourth-order valence-corrected chi connectivity index (χ4v) is 3.72. The van der Waals surface area contributed by atoms with E-state index in [9.17, 15) is 14.4 Å². The number of aryl methyl sites for hydroxylation is 1. The van der Waals surface area contributed by atoms with Crippen LogP contribution in [0.4, 0.5) is 4.79 Å². The van der Waals surface area contributed by atoms with Crippen molar-refractivity contribution >= 4 is 17.8 Å². The van der Waals surface area contributed by atoms with E-state index in [1.165, 1.54) is 0 Å². The highest BCUT2D eigenvalue weighted by Crippen LogP contribution is 2.38. The van der Waals surface area contributed by atoms with Gasteiger partial charge in [-0.1, -0.05) is 24.3 Å². The molecule has 1 fully saturated rings. The number of rotatable bonds is 2. The Morgan fingerprint density at radius 2 is 1.96 bits per heavy atom. The molecule has 1 aliphatic carbocycles. The number of amides is 4. The third kappa shape index (κ3) is 3.25. The molecule has 0 saturated carbocycles. The maximum absolute atomic E-state index is 13.2. The minimum absolute atomic E-state index is 0.258. The molecule has 3 rings (SSSR count). The molecule has 25 heavy (non-hydrogen) atoms. The van der Waals surface area contributed by atoms with Gasteiger partial charge in [-0.05, 0) is 57.6 Å². The van der Waals surface area contributed by atoms with E-state index in [2.05, 4.69) is 10.6 Å². The van der Waals surface area contributed by atoms with E-state index in [-0.39, 0.29) is 18.4 Å². The van der Waals surface area contributed by atoms with Gasteiger partial charge < -0.3 is 10.6 Å². The lowest BCUT2D eigenvalue weighted by atomic mass is 9.84. The van der Waals surface area contributed by atoms with Gasteiger partial charge in [-0.3, -0.25) is 14.5 Å². The van der Waals surface area contributed by atoms with Crippen LogP contribution in [-0.2, 0) is 21.5 Å². The Morgan fingerprint density at radius 3 is 2.68 bits per heavy atom. The van der Waals surface area contributed by atoms with E-state index < -0.39 is 17.1 Å². The van der Waals surface area contributed by atoms with Gasteiger partial charge in [-0.15, -0.1) is 0 Å². The molecule has 1 unspecified atom stereocenters. The van der Waals surface area contributed by atoms with E-state index in [4.69, 9.17) is 0 Å². The molecule has 4 amide bonds. The number of hydrogen-bond acceptors (Lipinski definition) is 3. The van der Waals surface area contributed by atoms with E-state index >= 15 is 0 Å². The summed E-state index contributed by atoms with van der Waals surface area (Å²) < 4.78 is 0. The Kier molecular flexibility index (Phi) is 4.31. The lowest BCUT2D eigenvalue weighted by Gasteiger charge is -2.27. The van der Waals surface area contributed by atoms with Gasteiger partial charge in [0.1, 0.15) is 12.1 Å². The largest absolute Gasteiger partial charge is 0.350 e. The third-order valence-corrected chi connectivity index (χ3v) is 4.72. The van der Waals surface area contributed by atoms with Crippen molar-refractivity contribution in [3.63, 3.8) is 0 Å². The number of nitrogens with one attached hydrogen (secondary N) is 2. The fraction of sp³-hybridized carbons (Fsp3) is 0.526. The summed E-state index contributed by atoms with van der Waals surface area (Å²) in [6.45, 7) is 5.32. The van der Waals surface area contributed by atoms with Crippen LogP contribution in [0.2, 0.25) is 0 Å². The number of imide groups is 1. The normalized spacial score (nSPS) is 23.2. The zero-order valence-corrected chi connectivity index (χ0v) is 15.0. The van der Waals surface area contributed by atoms with Gasteiger partial charge in [0, 0.05) is 5.54 Å². The summed E-state index contributed by atoms with van der Waals surface area (Å²) in [6, 6.07) is 7.27. The summed E-state index contributed by atoms with van der Waals surface area (Å²) in [4.78, 5) is 38.9. The number of carbonyl (C=O) groups is 3. The van der Waals surface area contributed by atoms with Crippen molar-refractivity contribution in [1.29, 1.82) is 0 Å². The summed E-state index contributed by atoms with van der Waals surface area (Å²) in [7, 11) is 0. The molecule has 6 heteroatoms. The summed E-state index contributed by atoms with van der Waals surface area (Å²) in [5, 5.41) is 5.69. The van der Waals surface area contributed by atoms with E-state index in [0.29, 0.717) is 6.42 Å². The Morgan fingerprint density at radius 1 is 1.24 bits per heavy atom. The molecule has 1 spiro atoms. The van der Waals surface area contributed by atoms with Crippen LogP contribution >= 0.6 is 0 Å². The quantitative estimate of drug-likeness (QED) is 0.807. The smallest absolute Gasteiger partial charge is 0.325 e. The van der Waals surface area contributed by atoms with Crippen molar-refractivity contribution < 1.29 is 14.4 Å². The Bertz CT molecular complexity index is 723. The van der Waals surface area contributed by atoms with Crippen molar-refractivity contribution in [3.8, 4) is 0 Å². The molecular weight excluding hydrogens is 318 g/mol. The van der Waals surface area contributed by atoms with Crippen LogP contribution in [-0.4, -0.2) is 34.8 Å². The molecule has 2 N–H and O–H groups in total. The number of benzene rings is 1. The van der Waals surface area contributed by atoms with Crippen molar-refractivity contribution in [1.82, 2.24) is 15.5 Å². The first-order chi connectivity index (χ1) is 11.7. The molecule has 1 saturated heterocycles. The molecule has 0 bridgehead atoms. The molecule has 134 valence electrons. The molecular formula is C19H25N3O3. The summed E-state index contributed by atoms with van der Waals surface area (Å²) in [5.41, 5.74) is 0.508. The van der Waals surface area contributed by atoms with Crippen LogP contribution in [0, 0.1) is 0 Å². The first kappa shape index (κ1) is 17.5. The number of nitrogens with zero attached hydrogens (tertiary/aromatic N) is 1. The number of hydrogen-bond donors (Lipinski definition) is 2. The lowest BCUT2D eigenvalue weighted by molar-refractivity contribution is -0.135. The highest BCUT2D eigenvalue weighted by atomic mass is 16.2. The van der Waals surface area contributed by atoms with Crippen LogP contribution in [0.15, 0.2) is 24.3 Å². The summed E-state index contributed by atoms with van der Waals surface area (Å²) >= 11 is 0. The Labute approximate surface area is 148 Å². The average molecular weight is 343 g/mol. The molecule has 1 heterocycles. The SMILES string of the molecule is CC(C)(C)NC(=O)CN1C(=O)NC2(CCCCc3ccccc32)C1=O. The predicted octanol–water partition coefficient (Wildman–Crippen LogP) is 2.07. The summed E-state index contributed by atoms with van der Waals surface area (Å²) in [6.07, 6.45) is 3.28. The predicted molar refractivity (Wildman–Crippen MR) is 93.8 cm³/mol. The van der Waals surface area contributed by atoms with Crippen LogP contribution in [0.25, 0.3) is 0 Å². The van der Waals surface area contributed by atoms with Crippen LogP contribution < -0.4 is 10.6 Å². The highest BCUT2D eigenvalue weighted by molar-refractivity contribution is 6.09. The average Bonchev–Trinajstić information content (AvgIpc) is 2.68. The lowest BCUT2D eigenvalue weighted by Crippen LogP contribution is -2.48. The topological polar surface area (TPSA) is 78.5 Å². The van der Waals surface area contributed by atoms with Crippen molar-refractivity contribution in [2.75, 3.05) is 6.54 Å². The van der Waals surface area contributed by atoms with Gasteiger partial charge in [0.2, 0.25) is 5.91 Å². The zero-order chi connectivity index (χ0) is 18.2. The van der Waals surface area contributed by atoms with Gasteiger partial charge in [0.05, 0.1) is 0 Å². The molecule has 0 radical (unpaired) electrons. The van der Waals surface area contributed by atoms with Crippen LogP contribution in [0.5, 0.6) is 0 Å². The van der Waals surface area contributed by atoms with Crippen LogP contribution in [0.3, 0.4) is 0 Å². The first-order valence-corrected chi connectivity index (χ1v) is 8.76. The molecule has 1 aromatic carbocycles. The highest BCUT2D eigenvalue weighted by Gasteiger charge is 2.53. The number of carbonyl (C=O) groups excluding carboxylic acids is 3. The molecule has 1 aromatic rings. The van der Waals surface area contributed by atoms with E-state index in [0.717, 1.165) is 35.3 Å². The minimum atomic E-state index is -1.04. The molecule has 0 aromatic heterocycles. The first-order valence-electron chi connectivity index (χ1n) is 8.76. The van der Waals surface area contributed by atoms with Gasteiger partial charge >= 0.3 is 6.03 Å². The minimum Gasteiger partial charge on any atom is -0.350 e. The standard InChI is InChI=1S/C19H25N3O3/c1-18(2,3)20-15(23)12-22-16(24)19(21-17(22)25)11-7-6-9-13-8-4-5-10-14(13)19/h4-5,8,10H,6-7,9,11-12H2,1-3H3,(H,20,23)(H,21,25).